The highest BCUT2D eigenvalue weighted by Crippen LogP contribution is 2.32. The molecule has 0 heterocycles. The molecule has 93 valence electrons. The van der Waals surface area contributed by atoms with Crippen molar-refractivity contribution in [2.45, 2.75) is 33.1 Å². The lowest BCUT2D eigenvalue weighted by atomic mass is 9.86. The molecule has 18 heavy (non-hydrogen) atoms. The molecule has 1 aromatic carbocycles. The zero-order valence-electron chi connectivity index (χ0n) is 11.4. The molecule has 0 heteroatoms. The summed E-state index contributed by atoms with van der Waals surface area (Å²) in [7, 11) is 0. The second-order valence-corrected chi connectivity index (χ2v) is 4.57. The SMILES string of the molecule is C=CC1=C[CH]CC=C1c1cccc(CC)c1CC. The summed E-state index contributed by atoms with van der Waals surface area (Å²) in [6.07, 6.45) is 11.8. The molecule has 2 rings (SSSR count). The molecular formula is C18H21. The molecular weight excluding hydrogens is 216 g/mol. The fourth-order valence-corrected chi connectivity index (χ4v) is 2.67. The van der Waals surface area contributed by atoms with Crippen LogP contribution in [0.5, 0.6) is 0 Å². The third kappa shape index (κ3) is 2.33. The average Bonchev–Trinajstić information content (AvgIpc) is 2.46. The van der Waals surface area contributed by atoms with Crippen molar-refractivity contribution in [1.82, 2.24) is 0 Å². The van der Waals surface area contributed by atoms with E-state index < -0.39 is 0 Å². The van der Waals surface area contributed by atoms with E-state index in [1.807, 2.05) is 6.08 Å². The first kappa shape index (κ1) is 12.9. The normalized spacial score (nSPS) is 15.0. The zero-order valence-corrected chi connectivity index (χ0v) is 11.4. The molecule has 1 aromatic rings. The van der Waals surface area contributed by atoms with Crippen LogP contribution in [-0.4, -0.2) is 0 Å². The summed E-state index contributed by atoms with van der Waals surface area (Å²) in [5.74, 6) is 0. The number of hydrogen-bond acceptors (Lipinski definition) is 0. The molecule has 0 spiro atoms. The lowest BCUT2D eigenvalue weighted by Crippen LogP contribution is -2.01. The Bertz CT molecular complexity index is 501. The zero-order chi connectivity index (χ0) is 13.0. The van der Waals surface area contributed by atoms with Gasteiger partial charge >= 0.3 is 0 Å². The molecule has 0 amide bonds. The van der Waals surface area contributed by atoms with Gasteiger partial charge in [-0.25, -0.2) is 0 Å². The van der Waals surface area contributed by atoms with Gasteiger partial charge in [0.1, 0.15) is 0 Å². The summed E-state index contributed by atoms with van der Waals surface area (Å²) in [5.41, 5.74) is 6.93. The highest BCUT2D eigenvalue weighted by atomic mass is 14.2. The van der Waals surface area contributed by atoms with Crippen LogP contribution in [0.25, 0.3) is 5.57 Å². The quantitative estimate of drug-likeness (QED) is 0.697. The molecule has 0 nitrogen and oxygen atoms in total. The lowest BCUT2D eigenvalue weighted by molar-refractivity contribution is 1.03. The number of allylic oxidation sites excluding steroid dienone is 5. The van der Waals surface area contributed by atoms with Gasteiger partial charge in [-0.2, -0.15) is 0 Å². The van der Waals surface area contributed by atoms with E-state index in [2.05, 4.69) is 57.2 Å². The van der Waals surface area contributed by atoms with Gasteiger partial charge in [-0.3, -0.25) is 0 Å². The van der Waals surface area contributed by atoms with Crippen molar-refractivity contribution in [2.24, 2.45) is 0 Å². The minimum atomic E-state index is 1.02. The van der Waals surface area contributed by atoms with Crippen LogP contribution in [-0.2, 0) is 12.8 Å². The third-order valence-electron chi connectivity index (χ3n) is 3.58. The van der Waals surface area contributed by atoms with Crippen molar-refractivity contribution in [3.05, 3.63) is 71.7 Å². The molecule has 0 fully saturated rings. The van der Waals surface area contributed by atoms with Gasteiger partial charge in [-0.15, -0.1) is 0 Å². The standard InChI is InChI=1S/C18H21/c1-4-14-11-9-13-18(16(14)6-3)17-12-8-7-10-15(17)5-2/h5,7,9-13H,2,4,6,8H2,1,3H3. The van der Waals surface area contributed by atoms with Gasteiger partial charge in [0, 0.05) is 0 Å². The molecule has 0 saturated carbocycles. The van der Waals surface area contributed by atoms with Crippen LogP contribution >= 0.6 is 0 Å². The molecule has 0 aliphatic heterocycles. The highest BCUT2D eigenvalue weighted by molar-refractivity contribution is 5.85. The Labute approximate surface area is 111 Å². The Morgan fingerprint density at radius 1 is 1.22 bits per heavy atom. The van der Waals surface area contributed by atoms with Crippen molar-refractivity contribution in [2.75, 3.05) is 0 Å². The summed E-state index contributed by atoms with van der Waals surface area (Å²) in [4.78, 5) is 0. The number of hydrogen-bond donors (Lipinski definition) is 0. The van der Waals surface area contributed by atoms with E-state index in [0.29, 0.717) is 0 Å². The Kier molecular flexibility index (Phi) is 4.19. The van der Waals surface area contributed by atoms with E-state index in [4.69, 9.17) is 0 Å². The Hall–Kier alpha value is -1.56. The van der Waals surface area contributed by atoms with Gasteiger partial charge in [0.25, 0.3) is 0 Å². The highest BCUT2D eigenvalue weighted by Gasteiger charge is 2.13. The second-order valence-electron chi connectivity index (χ2n) is 4.57. The fourth-order valence-electron chi connectivity index (χ4n) is 2.67. The number of aryl methyl sites for hydroxylation is 1. The summed E-state index contributed by atoms with van der Waals surface area (Å²) in [6.45, 7) is 8.40. The first-order chi connectivity index (χ1) is 8.81. The van der Waals surface area contributed by atoms with Crippen molar-refractivity contribution < 1.29 is 0 Å². The van der Waals surface area contributed by atoms with Gasteiger partial charge in [0.05, 0.1) is 0 Å². The van der Waals surface area contributed by atoms with E-state index in [1.165, 1.54) is 27.8 Å². The summed E-state index contributed by atoms with van der Waals surface area (Å²) in [6, 6.07) is 6.66. The van der Waals surface area contributed by atoms with E-state index in [0.717, 1.165) is 19.3 Å². The van der Waals surface area contributed by atoms with Crippen LogP contribution in [0, 0.1) is 6.42 Å². The van der Waals surface area contributed by atoms with Crippen LogP contribution in [0.3, 0.4) is 0 Å². The van der Waals surface area contributed by atoms with Gasteiger partial charge in [0.2, 0.25) is 0 Å². The Morgan fingerprint density at radius 2 is 2.06 bits per heavy atom. The molecule has 0 saturated heterocycles. The van der Waals surface area contributed by atoms with E-state index >= 15 is 0 Å². The van der Waals surface area contributed by atoms with Crippen molar-refractivity contribution in [3.63, 3.8) is 0 Å². The van der Waals surface area contributed by atoms with Crippen LogP contribution in [0.4, 0.5) is 0 Å². The first-order valence-electron chi connectivity index (χ1n) is 6.79. The van der Waals surface area contributed by atoms with Crippen LogP contribution in [0.2, 0.25) is 0 Å². The molecule has 0 bridgehead atoms. The van der Waals surface area contributed by atoms with Crippen LogP contribution in [0.1, 0.15) is 37.0 Å². The molecule has 0 atom stereocenters. The Balaban J connectivity index is 2.54. The Morgan fingerprint density at radius 3 is 2.72 bits per heavy atom. The minimum Gasteiger partial charge on any atom is -0.0985 e. The van der Waals surface area contributed by atoms with E-state index in [9.17, 15) is 0 Å². The maximum atomic E-state index is 3.93. The lowest BCUT2D eigenvalue weighted by Gasteiger charge is -2.18. The smallest absolute Gasteiger partial charge is 0.0123 e. The van der Waals surface area contributed by atoms with E-state index in [-0.39, 0.29) is 0 Å². The predicted octanol–water partition coefficient (Wildman–Crippen LogP) is 4.92. The second kappa shape index (κ2) is 5.86. The van der Waals surface area contributed by atoms with Gasteiger partial charge in [-0.05, 0) is 53.5 Å². The molecule has 0 unspecified atom stereocenters. The molecule has 1 aliphatic rings. The third-order valence-corrected chi connectivity index (χ3v) is 3.58. The number of benzene rings is 1. The van der Waals surface area contributed by atoms with Crippen LogP contribution in [0.15, 0.2) is 48.6 Å². The average molecular weight is 237 g/mol. The molecule has 1 radical (unpaired) electrons. The summed E-state index contributed by atoms with van der Waals surface area (Å²) >= 11 is 0. The largest absolute Gasteiger partial charge is 0.0985 e. The van der Waals surface area contributed by atoms with Gasteiger partial charge < -0.3 is 0 Å². The van der Waals surface area contributed by atoms with Gasteiger partial charge in [-0.1, -0.05) is 56.9 Å². The van der Waals surface area contributed by atoms with E-state index in [1.54, 1.807) is 0 Å². The molecule has 1 aliphatic carbocycles. The fraction of sp³-hybridized carbons (Fsp3) is 0.278. The maximum absolute atomic E-state index is 3.93. The van der Waals surface area contributed by atoms with Gasteiger partial charge in [0.15, 0.2) is 0 Å². The van der Waals surface area contributed by atoms with Crippen molar-refractivity contribution in [3.8, 4) is 0 Å². The minimum absolute atomic E-state index is 1.02. The first-order valence-corrected chi connectivity index (χ1v) is 6.79. The monoisotopic (exact) mass is 237 g/mol. The van der Waals surface area contributed by atoms with Crippen molar-refractivity contribution >= 4 is 5.57 Å². The molecule has 0 aromatic heterocycles. The topological polar surface area (TPSA) is 0 Å². The number of rotatable bonds is 4. The van der Waals surface area contributed by atoms with Crippen LogP contribution < -0.4 is 0 Å². The summed E-state index contributed by atoms with van der Waals surface area (Å²) < 4.78 is 0. The predicted molar refractivity (Wildman–Crippen MR) is 80.4 cm³/mol. The molecule has 0 N–H and O–H groups in total. The van der Waals surface area contributed by atoms with Crippen molar-refractivity contribution in [1.29, 1.82) is 0 Å². The summed E-state index contributed by atoms with van der Waals surface area (Å²) in [5, 5.41) is 0. The maximum Gasteiger partial charge on any atom is -0.0123 e.